The van der Waals surface area contributed by atoms with Gasteiger partial charge in [0.2, 0.25) is 0 Å². The van der Waals surface area contributed by atoms with Crippen molar-refractivity contribution in [2.45, 2.75) is 26.3 Å². The van der Waals surface area contributed by atoms with Gasteiger partial charge in [-0.25, -0.2) is 4.39 Å². The molecule has 1 atom stereocenters. The van der Waals surface area contributed by atoms with E-state index in [0.29, 0.717) is 10.7 Å². The van der Waals surface area contributed by atoms with Gasteiger partial charge in [0.25, 0.3) is 0 Å². The molecule has 1 N–H and O–H groups in total. The highest BCUT2D eigenvalue weighted by atomic mass is 35.5. The number of hydrogen-bond acceptors (Lipinski definition) is 1. The maximum atomic E-state index is 13.8. The lowest BCUT2D eigenvalue weighted by Crippen LogP contribution is -2.06. The number of rotatable bonds is 1. The minimum Gasteiger partial charge on any atom is -0.375 e. The van der Waals surface area contributed by atoms with E-state index in [-0.39, 0.29) is 11.9 Å². The quantitative estimate of drug-likeness (QED) is 0.788. The molecule has 3 heteroatoms. The Hall–Kier alpha value is -1.54. The monoisotopic (exact) mass is 275 g/mol. The molecule has 0 radical (unpaired) electrons. The van der Waals surface area contributed by atoms with E-state index in [1.54, 1.807) is 0 Å². The van der Waals surface area contributed by atoms with Gasteiger partial charge in [-0.3, -0.25) is 0 Å². The van der Waals surface area contributed by atoms with Crippen LogP contribution in [-0.2, 0) is 6.42 Å². The fourth-order valence-electron chi connectivity index (χ4n) is 2.58. The zero-order valence-electron chi connectivity index (χ0n) is 10.9. The molecule has 0 saturated carbocycles. The molecule has 1 aliphatic heterocycles. The number of aryl methyl sites for hydroxylation is 2. The molecule has 1 heterocycles. The Bertz CT molecular complexity index is 651. The predicted molar refractivity (Wildman–Crippen MR) is 77.4 cm³/mol. The van der Waals surface area contributed by atoms with Gasteiger partial charge in [0.15, 0.2) is 0 Å². The maximum Gasteiger partial charge on any atom is 0.148 e. The Morgan fingerprint density at radius 2 is 1.95 bits per heavy atom. The topological polar surface area (TPSA) is 12.0 Å². The van der Waals surface area contributed by atoms with Crippen LogP contribution in [-0.4, -0.2) is 0 Å². The van der Waals surface area contributed by atoms with Crippen LogP contribution in [0.2, 0.25) is 5.02 Å². The number of benzene rings is 2. The highest BCUT2D eigenvalue weighted by Gasteiger charge is 2.25. The van der Waals surface area contributed by atoms with Crippen LogP contribution in [0, 0.1) is 19.7 Å². The fourth-order valence-corrected chi connectivity index (χ4v) is 2.80. The average Bonchev–Trinajstić information content (AvgIpc) is 2.76. The molecule has 19 heavy (non-hydrogen) atoms. The van der Waals surface area contributed by atoms with E-state index in [1.165, 1.54) is 22.8 Å². The van der Waals surface area contributed by atoms with Gasteiger partial charge in [-0.1, -0.05) is 29.8 Å². The first-order valence-electron chi connectivity index (χ1n) is 6.36. The lowest BCUT2D eigenvalue weighted by Gasteiger charge is -2.13. The third kappa shape index (κ3) is 2.21. The second-order valence-electron chi connectivity index (χ2n) is 5.17. The van der Waals surface area contributed by atoms with E-state index in [1.807, 2.05) is 6.07 Å². The Labute approximate surface area is 117 Å². The molecule has 3 rings (SSSR count). The van der Waals surface area contributed by atoms with Gasteiger partial charge in [0.1, 0.15) is 5.82 Å². The summed E-state index contributed by atoms with van der Waals surface area (Å²) >= 11 is 5.90. The molecule has 0 aromatic heterocycles. The van der Waals surface area contributed by atoms with Crippen molar-refractivity contribution in [2.75, 3.05) is 5.32 Å². The normalized spacial score (nSPS) is 17.2. The van der Waals surface area contributed by atoms with Crippen LogP contribution in [0.4, 0.5) is 10.1 Å². The molecule has 0 fully saturated rings. The van der Waals surface area contributed by atoms with Crippen molar-refractivity contribution in [2.24, 2.45) is 0 Å². The van der Waals surface area contributed by atoms with E-state index in [9.17, 15) is 4.39 Å². The molecule has 1 unspecified atom stereocenters. The van der Waals surface area contributed by atoms with Crippen molar-refractivity contribution in [1.82, 2.24) is 0 Å². The lowest BCUT2D eigenvalue weighted by molar-refractivity contribution is 0.631. The Morgan fingerprint density at radius 1 is 1.16 bits per heavy atom. The second-order valence-corrected chi connectivity index (χ2v) is 5.60. The summed E-state index contributed by atoms with van der Waals surface area (Å²) in [4.78, 5) is 0. The first kappa shape index (κ1) is 12.5. The van der Waals surface area contributed by atoms with E-state index < -0.39 is 0 Å². The second kappa shape index (κ2) is 4.53. The summed E-state index contributed by atoms with van der Waals surface area (Å²) in [7, 11) is 0. The highest BCUT2D eigenvalue weighted by Crippen LogP contribution is 2.37. The lowest BCUT2D eigenvalue weighted by atomic mass is 9.99. The van der Waals surface area contributed by atoms with Crippen molar-refractivity contribution in [3.05, 3.63) is 63.4 Å². The molecule has 0 spiro atoms. The van der Waals surface area contributed by atoms with Gasteiger partial charge >= 0.3 is 0 Å². The summed E-state index contributed by atoms with van der Waals surface area (Å²) in [5.74, 6) is -0.270. The van der Waals surface area contributed by atoms with Gasteiger partial charge in [0, 0.05) is 5.02 Å². The molecule has 0 bridgehead atoms. The largest absolute Gasteiger partial charge is 0.375 e. The molecule has 0 aliphatic carbocycles. The maximum absolute atomic E-state index is 13.8. The summed E-state index contributed by atoms with van der Waals surface area (Å²) in [6.45, 7) is 4.19. The molecular formula is C16H15ClFN. The summed E-state index contributed by atoms with van der Waals surface area (Å²) in [5.41, 5.74) is 5.26. The first-order valence-corrected chi connectivity index (χ1v) is 6.74. The van der Waals surface area contributed by atoms with Crippen molar-refractivity contribution in [1.29, 1.82) is 0 Å². The number of anilines is 1. The molecule has 2 aromatic rings. The first-order chi connectivity index (χ1) is 9.04. The van der Waals surface area contributed by atoms with Gasteiger partial charge in [0.05, 0.1) is 11.7 Å². The summed E-state index contributed by atoms with van der Waals surface area (Å²) in [6, 6.07) is 9.70. The third-order valence-electron chi connectivity index (χ3n) is 3.81. The standard InChI is InChI=1S/C16H15ClFN/c1-9-3-4-11(5-10(9)2)15-7-12-6-13(17)8-14(18)16(12)19-15/h3-6,8,15,19H,7H2,1-2H3. The molecule has 98 valence electrons. The van der Waals surface area contributed by atoms with Crippen LogP contribution >= 0.6 is 11.6 Å². The molecule has 1 nitrogen and oxygen atoms in total. The minimum absolute atomic E-state index is 0.127. The van der Waals surface area contributed by atoms with Crippen LogP contribution in [0.15, 0.2) is 30.3 Å². The molecule has 0 saturated heterocycles. The van der Waals surface area contributed by atoms with Crippen LogP contribution in [0.3, 0.4) is 0 Å². The Morgan fingerprint density at radius 3 is 2.68 bits per heavy atom. The van der Waals surface area contributed by atoms with Crippen molar-refractivity contribution in [3.63, 3.8) is 0 Å². The minimum atomic E-state index is -0.270. The average molecular weight is 276 g/mol. The van der Waals surface area contributed by atoms with E-state index >= 15 is 0 Å². The highest BCUT2D eigenvalue weighted by molar-refractivity contribution is 6.30. The number of fused-ring (bicyclic) bond motifs is 1. The van der Waals surface area contributed by atoms with Crippen LogP contribution in [0.25, 0.3) is 0 Å². The summed E-state index contributed by atoms with van der Waals surface area (Å²) in [5, 5.41) is 3.72. The van der Waals surface area contributed by atoms with Crippen molar-refractivity contribution < 1.29 is 4.39 Å². The zero-order chi connectivity index (χ0) is 13.6. The predicted octanol–water partition coefficient (Wildman–Crippen LogP) is 4.81. The van der Waals surface area contributed by atoms with Gasteiger partial charge in [-0.05, 0) is 54.7 Å². The summed E-state index contributed by atoms with van der Waals surface area (Å²) in [6.07, 6.45) is 0.773. The van der Waals surface area contributed by atoms with Crippen LogP contribution in [0.5, 0.6) is 0 Å². The SMILES string of the molecule is Cc1ccc(C2Cc3cc(Cl)cc(F)c3N2)cc1C. The molecule has 0 amide bonds. The number of nitrogens with one attached hydrogen (secondary N) is 1. The van der Waals surface area contributed by atoms with Gasteiger partial charge < -0.3 is 5.32 Å². The van der Waals surface area contributed by atoms with E-state index in [0.717, 1.165) is 12.0 Å². The van der Waals surface area contributed by atoms with Crippen LogP contribution in [0.1, 0.15) is 28.3 Å². The number of halogens is 2. The van der Waals surface area contributed by atoms with Crippen molar-refractivity contribution >= 4 is 17.3 Å². The Balaban J connectivity index is 1.95. The summed E-state index contributed by atoms with van der Waals surface area (Å²) < 4.78 is 13.8. The molecule has 1 aliphatic rings. The van der Waals surface area contributed by atoms with Gasteiger partial charge in [-0.15, -0.1) is 0 Å². The smallest absolute Gasteiger partial charge is 0.148 e. The van der Waals surface area contributed by atoms with E-state index in [4.69, 9.17) is 11.6 Å². The van der Waals surface area contributed by atoms with Gasteiger partial charge in [-0.2, -0.15) is 0 Å². The third-order valence-corrected chi connectivity index (χ3v) is 4.03. The number of hydrogen-bond donors (Lipinski definition) is 1. The zero-order valence-corrected chi connectivity index (χ0v) is 11.7. The van der Waals surface area contributed by atoms with E-state index in [2.05, 4.69) is 37.4 Å². The molecule has 2 aromatic carbocycles. The van der Waals surface area contributed by atoms with Crippen LogP contribution < -0.4 is 5.32 Å². The fraction of sp³-hybridized carbons (Fsp3) is 0.250. The molecular weight excluding hydrogens is 261 g/mol. The van der Waals surface area contributed by atoms with Crippen molar-refractivity contribution in [3.8, 4) is 0 Å². The Kier molecular flexibility index (Phi) is 2.98.